The SMILES string of the molecule is CC(C)CN1CC(c2cnc3ccc(-c4cncc(NS(=O)(=O)c5ccccc5)c4)cc3n2)C=N1. The second-order valence-electron chi connectivity index (χ2n) is 9.02. The molecule has 0 bridgehead atoms. The molecule has 0 fully saturated rings. The second-order valence-corrected chi connectivity index (χ2v) is 10.7. The minimum Gasteiger partial charge on any atom is -0.296 e. The number of hydrogen-bond acceptors (Lipinski definition) is 7. The van der Waals surface area contributed by atoms with Gasteiger partial charge < -0.3 is 0 Å². The van der Waals surface area contributed by atoms with E-state index >= 15 is 0 Å². The molecule has 4 aromatic rings. The summed E-state index contributed by atoms with van der Waals surface area (Å²) in [7, 11) is -3.70. The smallest absolute Gasteiger partial charge is 0.261 e. The highest BCUT2D eigenvalue weighted by Crippen LogP contribution is 2.27. The van der Waals surface area contributed by atoms with Gasteiger partial charge in [-0.2, -0.15) is 5.10 Å². The van der Waals surface area contributed by atoms with E-state index in [0.717, 1.165) is 40.9 Å². The number of hydrazone groups is 1. The number of sulfonamides is 1. The standard InChI is InChI=1S/C26H26N6O2S/c1-18(2)16-32-17-21(13-29-32)26-15-28-24-9-8-19(11-25(24)30-26)20-10-22(14-27-12-20)31-35(33,34)23-6-4-3-5-7-23/h3-15,18,21,31H,16-17H2,1-2H3. The van der Waals surface area contributed by atoms with E-state index in [4.69, 9.17) is 4.98 Å². The molecule has 0 saturated heterocycles. The third kappa shape index (κ3) is 5.14. The Hall–Kier alpha value is -3.85. The van der Waals surface area contributed by atoms with E-state index in [-0.39, 0.29) is 10.8 Å². The molecule has 3 heterocycles. The highest BCUT2D eigenvalue weighted by atomic mass is 32.2. The van der Waals surface area contributed by atoms with Gasteiger partial charge in [-0.1, -0.05) is 38.1 Å². The van der Waals surface area contributed by atoms with Crippen molar-refractivity contribution in [3.05, 3.63) is 78.9 Å². The van der Waals surface area contributed by atoms with Crippen LogP contribution in [0.4, 0.5) is 5.69 Å². The summed E-state index contributed by atoms with van der Waals surface area (Å²) >= 11 is 0. The lowest BCUT2D eigenvalue weighted by molar-refractivity contribution is 0.273. The fraction of sp³-hybridized carbons (Fsp3) is 0.231. The van der Waals surface area contributed by atoms with Gasteiger partial charge in [-0.15, -0.1) is 0 Å². The molecule has 1 aliphatic rings. The molecule has 1 unspecified atom stereocenters. The molecular weight excluding hydrogens is 460 g/mol. The van der Waals surface area contributed by atoms with Crippen LogP contribution in [0.3, 0.4) is 0 Å². The summed E-state index contributed by atoms with van der Waals surface area (Å²) in [5.41, 5.74) is 4.48. The van der Waals surface area contributed by atoms with Gasteiger partial charge in [0.1, 0.15) is 0 Å². The molecule has 0 amide bonds. The average molecular weight is 487 g/mol. The van der Waals surface area contributed by atoms with E-state index in [1.807, 2.05) is 30.6 Å². The summed E-state index contributed by atoms with van der Waals surface area (Å²) in [6.45, 7) is 6.06. The Kier molecular flexibility index (Phi) is 6.17. The van der Waals surface area contributed by atoms with E-state index < -0.39 is 10.0 Å². The van der Waals surface area contributed by atoms with E-state index in [9.17, 15) is 8.42 Å². The van der Waals surface area contributed by atoms with Gasteiger partial charge in [0.25, 0.3) is 10.0 Å². The Morgan fingerprint density at radius 1 is 1.00 bits per heavy atom. The van der Waals surface area contributed by atoms with Crippen molar-refractivity contribution in [2.75, 3.05) is 17.8 Å². The fourth-order valence-corrected chi connectivity index (χ4v) is 5.12. The summed E-state index contributed by atoms with van der Waals surface area (Å²) in [4.78, 5) is 13.9. The van der Waals surface area contributed by atoms with E-state index in [1.165, 1.54) is 6.20 Å². The number of benzene rings is 2. The lowest BCUT2D eigenvalue weighted by Gasteiger charge is -2.17. The predicted octanol–water partition coefficient (Wildman–Crippen LogP) is 4.53. The molecule has 9 heteroatoms. The van der Waals surface area contributed by atoms with E-state index in [2.05, 4.69) is 38.6 Å². The Bertz CT molecular complexity index is 1490. The zero-order valence-corrected chi connectivity index (χ0v) is 20.4. The van der Waals surface area contributed by atoms with Gasteiger partial charge in [0.05, 0.1) is 39.4 Å². The van der Waals surface area contributed by atoms with Crippen LogP contribution in [0.1, 0.15) is 25.5 Å². The maximum Gasteiger partial charge on any atom is 0.261 e. The minimum atomic E-state index is -3.70. The van der Waals surface area contributed by atoms with Crippen molar-refractivity contribution in [2.24, 2.45) is 11.0 Å². The van der Waals surface area contributed by atoms with Gasteiger partial charge in [0, 0.05) is 37.3 Å². The lowest BCUT2D eigenvalue weighted by Crippen LogP contribution is -2.22. The van der Waals surface area contributed by atoms with Gasteiger partial charge in [-0.25, -0.2) is 13.4 Å². The molecule has 2 aromatic carbocycles. The molecule has 2 aromatic heterocycles. The van der Waals surface area contributed by atoms with Crippen molar-refractivity contribution < 1.29 is 8.42 Å². The topological polar surface area (TPSA) is 100 Å². The Labute approximate surface area is 204 Å². The van der Waals surface area contributed by atoms with Crippen molar-refractivity contribution in [3.8, 4) is 11.1 Å². The highest BCUT2D eigenvalue weighted by Gasteiger charge is 2.22. The van der Waals surface area contributed by atoms with Gasteiger partial charge >= 0.3 is 0 Å². The predicted molar refractivity (Wildman–Crippen MR) is 138 cm³/mol. The van der Waals surface area contributed by atoms with Crippen LogP contribution in [0.15, 0.2) is 83.2 Å². The van der Waals surface area contributed by atoms with Gasteiger partial charge in [-0.3, -0.25) is 19.7 Å². The average Bonchev–Trinajstić information content (AvgIpc) is 3.31. The largest absolute Gasteiger partial charge is 0.296 e. The fourth-order valence-electron chi connectivity index (χ4n) is 4.06. The summed E-state index contributed by atoms with van der Waals surface area (Å²) in [5, 5.41) is 6.59. The third-order valence-corrected chi connectivity index (χ3v) is 7.11. The maximum atomic E-state index is 12.7. The van der Waals surface area contributed by atoms with Crippen molar-refractivity contribution in [1.82, 2.24) is 20.0 Å². The van der Waals surface area contributed by atoms with Crippen LogP contribution >= 0.6 is 0 Å². The van der Waals surface area contributed by atoms with Crippen molar-refractivity contribution in [1.29, 1.82) is 0 Å². The molecule has 1 atom stereocenters. The number of fused-ring (bicyclic) bond motifs is 1. The third-order valence-electron chi connectivity index (χ3n) is 5.71. The van der Waals surface area contributed by atoms with Crippen LogP contribution < -0.4 is 4.72 Å². The van der Waals surface area contributed by atoms with Gasteiger partial charge in [-0.05, 0) is 41.8 Å². The highest BCUT2D eigenvalue weighted by molar-refractivity contribution is 7.92. The Morgan fingerprint density at radius 3 is 2.63 bits per heavy atom. The molecular formula is C26H26N6O2S. The molecule has 178 valence electrons. The number of nitrogens with zero attached hydrogens (tertiary/aromatic N) is 5. The number of anilines is 1. The van der Waals surface area contributed by atoms with E-state index in [0.29, 0.717) is 11.6 Å². The summed E-state index contributed by atoms with van der Waals surface area (Å²) in [5.74, 6) is 0.643. The molecule has 5 rings (SSSR count). The number of hydrogen-bond donors (Lipinski definition) is 1. The molecule has 0 radical (unpaired) electrons. The Balaban J connectivity index is 1.40. The maximum absolute atomic E-state index is 12.7. The first kappa shape index (κ1) is 22.9. The number of aromatic nitrogens is 3. The van der Waals surface area contributed by atoms with Crippen LogP contribution in [0.5, 0.6) is 0 Å². The van der Waals surface area contributed by atoms with Crippen molar-refractivity contribution in [3.63, 3.8) is 0 Å². The van der Waals surface area contributed by atoms with Crippen LogP contribution in [-0.2, 0) is 10.0 Å². The van der Waals surface area contributed by atoms with Gasteiger partial charge in [0.2, 0.25) is 0 Å². The van der Waals surface area contributed by atoms with Crippen LogP contribution in [-0.4, -0.2) is 47.7 Å². The summed E-state index contributed by atoms with van der Waals surface area (Å²) in [6, 6.07) is 15.8. The summed E-state index contributed by atoms with van der Waals surface area (Å²) in [6.07, 6.45) is 6.95. The van der Waals surface area contributed by atoms with Crippen LogP contribution in [0.25, 0.3) is 22.2 Å². The van der Waals surface area contributed by atoms with Crippen LogP contribution in [0.2, 0.25) is 0 Å². The number of nitrogens with one attached hydrogen (secondary N) is 1. The molecule has 1 aliphatic heterocycles. The molecule has 0 spiro atoms. The van der Waals surface area contributed by atoms with Crippen LogP contribution in [0, 0.1) is 5.92 Å². The molecule has 8 nitrogen and oxygen atoms in total. The van der Waals surface area contributed by atoms with Gasteiger partial charge in [0.15, 0.2) is 0 Å². The normalized spacial score (nSPS) is 15.7. The monoisotopic (exact) mass is 486 g/mol. The molecule has 35 heavy (non-hydrogen) atoms. The molecule has 0 saturated carbocycles. The first-order valence-electron chi connectivity index (χ1n) is 11.5. The van der Waals surface area contributed by atoms with Crippen molar-refractivity contribution in [2.45, 2.75) is 24.7 Å². The number of rotatable bonds is 7. The van der Waals surface area contributed by atoms with E-state index in [1.54, 1.807) is 42.6 Å². The lowest BCUT2D eigenvalue weighted by atomic mass is 10.1. The first-order chi connectivity index (χ1) is 16.9. The zero-order valence-electron chi connectivity index (χ0n) is 19.5. The summed E-state index contributed by atoms with van der Waals surface area (Å²) < 4.78 is 28.0. The Morgan fingerprint density at radius 2 is 1.83 bits per heavy atom. The minimum absolute atomic E-state index is 0.103. The van der Waals surface area contributed by atoms with Crippen molar-refractivity contribution >= 4 is 33.0 Å². The molecule has 0 aliphatic carbocycles. The zero-order chi connectivity index (χ0) is 24.4. The molecule has 1 N–H and O–H groups in total. The quantitative estimate of drug-likeness (QED) is 0.412. The second kappa shape index (κ2) is 9.42. The first-order valence-corrected chi connectivity index (χ1v) is 12.9. The number of pyridine rings is 1.